The molecule has 1 amide bonds. The third-order valence-corrected chi connectivity index (χ3v) is 4.16. The fourth-order valence-corrected chi connectivity index (χ4v) is 2.83. The molecule has 1 fully saturated rings. The molecular formula is C15H27ClN4O2. The largest absolute Gasteiger partial charge is 0.375 e. The van der Waals surface area contributed by atoms with E-state index in [1.807, 2.05) is 32.5 Å². The van der Waals surface area contributed by atoms with E-state index < -0.39 is 0 Å². The Labute approximate surface area is 138 Å². The van der Waals surface area contributed by atoms with E-state index in [0.717, 1.165) is 24.4 Å². The van der Waals surface area contributed by atoms with Gasteiger partial charge in [-0.1, -0.05) is 0 Å². The molecule has 3 atom stereocenters. The monoisotopic (exact) mass is 330 g/mol. The number of nitrogens with zero attached hydrogens (tertiary/aromatic N) is 2. The molecule has 7 heteroatoms. The van der Waals surface area contributed by atoms with Gasteiger partial charge in [0.25, 0.3) is 0 Å². The van der Waals surface area contributed by atoms with Crippen LogP contribution in [0.25, 0.3) is 0 Å². The molecule has 0 aromatic carbocycles. The molecule has 2 heterocycles. The molecule has 1 aliphatic rings. The van der Waals surface area contributed by atoms with Crippen molar-refractivity contribution < 1.29 is 9.53 Å². The van der Waals surface area contributed by atoms with Crippen LogP contribution in [0.15, 0.2) is 0 Å². The molecule has 1 aliphatic heterocycles. The Bertz CT molecular complexity index is 518. The summed E-state index contributed by atoms with van der Waals surface area (Å²) in [4.78, 5) is 12.3. The lowest BCUT2D eigenvalue weighted by atomic mass is 10.0. The van der Waals surface area contributed by atoms with Gasteiger partial charge in [-0.25, -0.2) is 0 Å². The van der Waals surface area contributed by atoms with Crippen LogP contribution in [-0.2, 0) is 23.0 Å². The van der Waals surface area contributed by atoms with Crippen LogP contribution in [0.3, 0.4) is 0 Å². The number of aryl methyl sites for hydroxylation is 2. The molecule has 126 valence electrons. The third-order valence-electron chi connectivity index (χ3n) is 4.16. The second-order valence-corrected chi connectivity index (χ2v) is 5.89. The van der Waals surface area contributed by atoms with E-state index in [-0.39, 0.29) is 36.5 Å². The van der Waals surface area contributed by atoms with Crippen molar-refractivity contribution in [3.05, 3.63) is 17.0 Å². The highest BCUT2D eigenvalue weighted by molar-refractivity contribution is 5.85. The minimum atomic E-state index is -0.266. The van der Waals surface area contributed by atoms with Gasteiger partial charge in [-0.15, -0.1) is 12.4 Å². The van der Waals surface area contributed by atoms with Gasteiger partial charge >= 0.3 is 0 Å². The van der Waals surface area contributed by atoms with E-state index in [9.17, 15) is 4.79 Å². The maximum atomic E-state index is 12.3. The molecule has 0 bridgehead atoms. The summed E-state index contributed by atoms with van der Waals surface area (Å²) in [6.07, 6.45) is 0.701. The molecule has 0 saturated carbocycles. The van der Waals surface area contributed by atoms with Gasteiger partial charge in [0, 0.05) is 25.3 Å². The quantitative estimate of drug-likeness (QED) is 0.860. The van der Waals surface area contributed by atoms with Gasteiger partial charge in [0.15, 0.2) is 0 Å². The van der Waals surface area contributed by atoms with E-state index in [1.165, 1.54) is 5.56 Å². The molecular weight excluding hydrogens is 304 g/mol. The normalized spacial score (nSPS) is 22.8. The second kappa shape index (κ2) is 7.94. The van der Waals surface area contributed by atoms with Crippen LogP contribution in [0.4, 0.5) is 0 Å². The van der Waals surface area contributed by atoms with E-state index in [1.54, 1.807) is 0 Å². The van der Waals surface area contributed by atoms with E-state index in [4.69, 9.17) is 4.74 Å². The Morgan fingerprint density at radius 2 is 2.23 bits per heavy atom. The summed E-state index contributed by atoms with van der Waals surface area (Å²) in [7, 11) is 1.94. The summed E-state index contributed by atoms with van der Waals surface area (Å²) in [6.45, 7) is 9.40. The van der Waals surface area contributed by atoms with Crippen LogP contribution in [0.2, 0.25) is 0 Å². The fraction of sp³-hybridized carbons (Fsp3) is 0.733. The first kappa shape index (κ1) is 18.9. The number of hydrogen-bond donors (Lipinski definition) is 2. The zero-order valence-corrected chi connectivity index (χ0v) is 14.8. The van der Waals surface area contributed by atoms with Crippen molar-refractivity contribution in [2.75, 3.05) is 13.2 Å². The Balaban J connectivity index is 0.00000242. The maximum absolute atomic E-state index is 12.3. The second-order valence-electron chi connectivity index (χ2n) is 5.89. The minimum absolute atomic E-state index is 0. The topological polar surface area (TPSA) is 68.2 Å². The lowest BCUT2D eigenvalue weighted by Crippen LogP contribution is -2.56. The lowest BCUT2D eigenvalue weighted by Gasteiger charge is -2.30. The molecule has 22 heavy (non-hydrogen) atoms. The molecule has 2 N–H and O–H groups in total. The van der Waals surface area contributed by atoms with E-state index in [2.05, 4.69) is 22.7 Å². The maximum Gasteiger partial charge on any atom is 0.240 e. The van der Waals surface area contributed by atoms with Crippen molar-refractivity contribution in [3.63, 3.8) is 0 Å². The van der Waals surface area contributed by atoms with Crippen molar-refractivity contribution in [3.8, 4) is 0 Å². The summed E-state index contributed by atoms with van der Waals surface area (Å²) >= 11 is 0. The van der Waals surface area contributed by atoms with Crippen LogP contribution in [0.5, 0.6) is 0 Å². The molecule has 0 aliphatic carbocycles. The summed E-state index contributed by atoms with van der Waals surface area (Å²) in [6, 6.07) is -0.202. The minimum Gasteiger partial charge on any atom is -0.375 e. The van der Waals surface area contributed by atoms with Crippen molar-refractivity contribution in [1.82, 2.24) is 20.4 Å². The van der Waals surface area contributed by atoms with Crippen LogP contribution < -0.4 is 10.6 Å². The predicted molar refractivity (Wildman–Crippen MR) is 88.4 cm³/mol. The van der Waals surface area contributed by atoms with Gasteiger partial charge in [0.1, 0.15) is 6.04 Å². The zero-order chi connectivity index (χ0) is 15.6. The Kier molecular flexibility index (Phi) is 6.84. The average molecular weight is 331 g/mol. The Hall–Kier alpha value is -1.11. The molecule has 1 aromatic heterocycles. The Morgan fingerprint density at radius 3 is 2.77 bits per heavy atom. The third kappa shape index (κ3) is 4.21. The van der Waals surface area contributed by atoms with Crippen LogP contribution in [0, 0.1) is 13.8 Å². The molecule has 0 radical (unpaired) electrons. The lowest BCUT2D eigenvalue weighted by molar-refractivity contribution is -0.129. The number of rotatable bonds is 4. The summed E-state index contributed by atoms with van der Waals surface area (Å²) in [5, 5.41) is 10.7. The SMILES string of the molecule is Cc1nn(C)c(C)c1CC(C)NC(=O)[C@H]1NCCO[C@@H]1C.Cl. The highest BCUT2D eigenvalue weighted by Crippen LogP contribution is 2.14. The first-order valence-corrected chi connectivity index (χ1v) is 7.54. The van der Waals surface area contributed by atoms with E-state index >= 15 is 0 Å². The number of carbonyl (C=O) groups excluding carboxylic acids is 1. The van der Waals surface area contributed by atoms with Crippen molar-refractivity contribution in [1.29, 1.82) is 0 Å². The van der Waals surface area contributed by atoms with Gasteiger partial charge in [0.05, 0.1) is 18.4 Å². The van der Waals surface area contributed by atoms with Crippen LogP contribution in [0.1, 0.15) is 30.8 Å². The zero-order valence-electron chi connectivity index (χ0n) is 14.0. The number of amides is 1. The number of morpholine rings is 1. The Morgan fingerprint density at radius 1 is 1.55 bits per heavy atom. The van der Waals surface area contributed by atoms with Crippen molar-refractivity contribution in [2.45, 2.75) is 52.3 Å². The number of nitrogens with one attached hydrogen (secondary N) is 2. The highest BCUT2D eigenvalue weighted by atomic mass is 35.5. The smallest absolute Gasteiger partial charge is 0.240 e. The molecule has 1 aromatic rings. The highest BCUT2D eigenvalue weighted by Gasteiger charge is 2.29. The first-order chi connectivity index (χ1) is 9.90. The number of carbonyl (C=O) groups is 1. The molecule has 2 rings (SSSR count). The standard InChI is InChI=1S/C15H26N4O2.ClH/c1-9(8-13-10(2)18-19(5)11(13)3)17-15(20)14-12(4)21-7-6-16-14;/h9,12,14,16H,6-8H2,1-5H3,(H,17,20);1H/t9?,12-,14+;/m1./s1. The summed E-state index contributed by atoms with van der Waals surface area (Å²) < 4.78 is 7.40. The summed E-state index contributed by atoms with van der Waals surface area (Å²) in [5.74, 6) is 0.00824. The molecule has 0 spiro atoms. The molecule has 1 unspecified atom stereocenters. The molecule has 6 nitrogen and oxygen atoms in total. The number of hydrogen-bond acceptors (Lipinski definition) is 4. The average Bonchev–Trinajstić information content (AvgIpc) is 2.65. The van der Waals surface area contributed by atoms with Crippen molar-refractivity contribution in [2.24, 2.45) is 7.05 Å². The van der Waals surface area contributed by atoms with E-state index in [0.29, 0.717) is 6.61 Å². The van der Waals surface area contributed by atoms with Gasteiger partial charge in [-0.2, -0.15) is 5.10 Å². The predicted octanol–water partition coefficient (Wildman–Crippen LogP) is 0.883. The van der Waals surface area contributed by atoms with Crippen LogP contribution >= 0.6 is 12.4 Å². The molecule has 1 saturated heterocycles. The van der Waals surface area contributed by atoms with Gasteiger partial charge in [-0.3, -0.25) is 9.48 Å². The van der Waals surface area contributed by atoms with Gasteiger partial charge < -0.3 is 15.4 Å². The number of aromatic nitrogens is 2. The van der Waals surface area contributed by atoms with Crippen LogP contribution in [-0.4, -0.2) is 47.0 Å². The number of ether oxygens (including phenoxy) is 1. The van der Waals surface area contributed by atoms with Gasteiger partial charge in [0.2, 0.25) is 5.91 Å². The van der Waals surface area contributed by atoms with Gasteiger partial charge in [-0.05, 0) is 39.7 Å². The van der Waals surface area contributed by atoms with Crippen molar-refractivity contribution >= 4 is 18.3 Å². The number of halogens is 1. The first-order valence-electron chi connectivity index (χ1n) is 7.54. The fourth-order valence-electron chi connectivity index (χ4n) is 2.83. The summed E-state index contributed by atoms with van der Waals surface area (Å²) in [5.41, 5.74) is 3.40.